The molecule has 2 aliphatic heterocycles. The second kappa shape index (κ2) is 5.99. The van der Waals surface area contributed by atoms with Crippen LogP contribution in [0, 0.1) is 0 Å². The van der Waals surface area contributed by atoms with Crippen LogP contribution in [0.25, 0.3) is 0 Å². The molecule has 132 valence electrons. The first-order valence-corrected chi connectivity index (χ1v) is 8.44. The Morgan fingerprint density at radius 1 is 1.46 bits per heavy atom. The number of rotatable bonds is 5. The van der Waals surface area contributed by atoms with Gasteiger partial charge in [-0.2, -0.15) is 18.5 Å². The SMILES string of the molecule is CCOC(=O)c1nc(C2CC[C@@H]3CN2C(=O)N3OS(=O)(=O)O)no1. The highest BCUT2D eigenvalue weighted by atomic mass is 32.3. The van der Waals surface area contributed by atoms with Gasteiger partial charge < -0.3 is 14.2 Å². The summed E-state index contributed by atoms with van der Waals surface area (Å²) in [7, 11) is -4.81. The molecule has 2 atom stereocenters. The average molecular weight is 362 g/mol. The number of hydrogen-bond acceptors (Lipinski definition) is 9. The van der Waals surface area contributed by atoms with Gasteiger partial charge in [0.15, 0.2) is 5.82 Å². The van der Waals surface area contributed by atoms with Gasteiger partial charge in [0, 0.05) is 6.54 Å². The topological polar surface area (TPSA) is 152 Å². The molecule has 3 heterocycles. The molecule has 24 heavy (non-hydrogen) atoms. The first-order valence-electron chi connectivity index (χ1n) is 7.07. The highest BCUT2D eigenvalue weighted by molar-refractivity contribution is 7.80. The van der Waals surface area contributed by atoms with Crippen molar-refractivity contribution in [1.82, 2.24) is 20.1 Å². The van der Waals surface area contributed by atoms with E-state index in [1.807, 2.05) is 0 Å². The van der Waals surface area contributed by atoms with Crippen LogP contribution in [0.15, 0.2) is 4.52 Å². The van der Waals surface area contributed by atoms with Gasteiger partial charge in [-0.15, -0.1) is 4.28 Å². The molecule has 2 fully saturated rings. The zero-order valence-electron chi connectivity index (χ0n) is 12.5. The quantitative estimate of drug-likeness (QED) is 0.556. The maximum atomic E-state index is 12.3. The number of aromatic nitrogens is 2. The fourth-order valence-electron chi connectivity index (χ4n) is 2.75. The van der Waals surface area contributed by atoms with Gasteiger partial charge in [0.05, 0.1) is 18.7 Å². The maximum Gasteiger partial charge on any atom is 0.418 e. The Labute approximate surface area is 136 Å². The van der Waals surface area contributed by atoms with Gasteiger partial charge in [0.25, 0.3) is 0 Å². The molecule has 2 saturated heterocycles. The Morgan fingerprint density at radius 2 is 2.21 bits per heavy atom. The summed E-state index contributed by atoms with van der Waals surface area (Å²) in [6.07, 6.45) is 0.801. The highest BCUT2D eigenvalue weighted by Crippen LogP contribution is 2.37. The minimum atomic E-state index is -4.81. The molecule has 1 unspecified atom stereocenters. The van der Waals surface area contributed by atoms with Crippen LogP contribution >= 0.6 is 0 Å². The van der Waals surface area contributed by atoms with E-state index in [-0.39, 0.29) is 24.9 Å². The molecule has 0 saturated carbocycles. The normalized spacial score (nSPS) is 23.7. The first-order chi connectivity index (χ1) is 11.3. The third-order valence-corrected chi connectivity index (χ3v) is 4.04. The van der Waals surface area contributed by atoms with Crippen molar-refractivity contribution in [1.29, 1.82) is 0 Å². The van der Waals surface area contributed by atoms with E-state index in [9.17, 15) is 18.0 Å². The lowest BCUT2D eigenvalue weighted by molar-refractivity contribution is -0.0317. The van der Waals surface area contributed by atoms with Gasteiger partial charge in [-0.1, -0.05) is 5.16 Å². The molecule has 2 aliphatic rings. The average Bonchev–Trinajstić information content (AvgIpc) is 3.08. The largest absolute Gasteiger partial charge is 0.459 e. The Balaban J connectivity index is 1.78. The monoisotopic (exact) mass is 362 g/mol. The minimum Gasteiger partial charge on any atom is -0.459 e. The fourth-order valence-corrected chi connectivity index (χ4v) is 3.13. The fraction of sp³-hybridized carbons (Fsp3) is 0.636. The second-order valence-electron chi connectivity index (χ2n) is 5.19. The number of esters is 1. The number of nitrogens with zero attached hydrogens (tertiary/aromatic N) is 4. The Kier molecular flexibility index (Phi) is 4.15. The number of amides is 2. The van der Waals surface area contributed by atoms with E-state index >= 15 is 0 Å². The summed E-state index contributed by atoms with van der Waals surface area (Å²) >= 11 is 0. The summed E-state index contributed by atoms with van der Waals surface area (Å²) in [6, 6.07) is -1.87. The summed E-state index contributed by atoms with van der Waals surface area (Å²) in [5.41, 5.74) is 0. The first kappa shape index (κ1) is 16.6. The molecular formula is C11H14N4O8S. The van der Waals surface area contributed by atoms with Crippen molar-refractivity contribution in [3.8, 4) is 0 Å². The number of carbonyl (C=O) groups excluding carboxylic acids is 2. The van der Waals surface area contributed by atoms with Crippen LogP contribution in [-0.4, -0.2) is 64.3 Å². The van der Waals surface area contributed by atoms with Gasteiger partial charge in [0.1, 0.15) is 0 Å². The molecule has 2 amide bonds. The Hall–Kier alpha value is -2.25. The smallest absolute Gasteiger partial charge is 0.418 e. The highest BCUT2D eigenvalue weighted by Gasteiger charge is 2.49. The molecular weight excluding hydrogens is 348 g/mol. The molecule has 1 aromatic heterocycles. The van der Waals surface area contributed by atoms with E-state index in [1.165, 1.54) is 4.90 Å². The summed E-state index contributed by atoms with van der Waals surface area (Å²) in [5, 5.41) is 4.30. The molecule has 0 radical (unpaired) electrons. The zero-order chi connectivity index (χ0) is 17.5. The van der Waals surface area contributed by atoms with Crippen LogP contribution in [0.1, 0.15) is 42.3 Å². The van der Waals surface area contributed by atoms with Gasteiger partial charge in [0.2, 0.25) is 0 Å². The van der Waals surface area contributed by atoms with E-state index < -0.39 is 34.5 Å². The van der Waals surface area contributed by atoms with E-state index in [2.05, 4.69) is 14.4 Å². The summed E-state index contributed by atoms with van der Waals surface area (Å²) in [4.78, 5) is 29.0. The summed E-state index contributed by atoms with van der Waals surface area (Å²) in [5.74, 6) is -0.987. The standard InChI is InChI=1S/C11H14N4O8S/c1-2-21-10(16)9-12-8(13-22-9)7-4-3-6-5-14(7)11(17)15(6)23-24(18,19)20/h6-7H,2-5H2,1H3,(H,18,19,20)/t6-,7?/m1/s1. The Morgan fingerprint density at radius 3 is 2.88 bits per heavy atom. The zero-order valence-corrected chi connectivity index (χ0v) is 13.3. The van der Waals surface area contributed by atoms with Gasteiger partial charge >= 0.3 is 28.3 Å². The summed E-state index contributed by atoms with van der Waals surface area (Å²) < 4.78 is 44.3. The number of piperidine rings is 1. The lowest BCUT2D eigenvalue weighted by atomic mass is 10.0. The minimum absolute atomic E-state index is 0.110. The van der Waals surface area contributed by atoms with Gasteiger partial charge in [-0.05, 0) is 19.8 Å². The lowest BCUT2D eigenvalue weighted by Gasteiger charge is -2.27. The number of ether oxygens (including phenoxy) is 1. The second-order valence-corrected chi connectivity index (χ2v) is 6.19. The van der Waals surface area contributed by atoms with Crippen molar-refractivity contribution in [2.45, 2.75) is 31.8 Å². The van der Waals surface area contributed by atoms with E-state index in [0.29, 0.717) is 17.9 Å². The van der Waals surface area contributed by atoms with Crippen LogP contribution in [0.5, 0.6) is 0 Å². The van der Waals surface area contributed by atoms with Crippen molar-refractivity contribution < 1.29 is 36.1 Å². The van der Waals surface area contributed by atoms with Gasteiger partial charge in [-0.25, -0.2) is 9.59 Å². The summed E-state index contributed by atoms with van der Waals surface area (Å²) in [6.45, 7) is 1.94. The van der Waals surface area contributed by atoms with Crippen molar-refractivity contribution in [3.05, 3.63) is 11.7 Å². The number of urea groups is 1. The van der Waals surface area contributed by atoms with Crippen molar-refractivity contribution in [3.63, 3.8) is 0 Å². The van der Waals surface area contributed by atoms with Crippen LogP contribution in [0.3, 0.4) is 0 Å². The van der Waals surface area contributed by atoms with Crippen molar-refractivity contribution >= 4 is 22.4 Å². The molecule has 12 nitrogen and oxygen atoms in total. The Bertz CT molecular complexity index is 762. The van der Waals surface area contributed by atoms with E-state index in [1.54, 1.807) is 6.92 Å². The molecule has 2 bridgehead atoms. The van der Waals surface area contributed by atoms with Crippen LogP contribution < -0.4 is 0 Å². The predicted octanol–water partition coefficient (Wildman–Crippen LogP) is -0.0782. The lowest BCUT2D eigenvalue weighted by Crippen LogP contribution is -2.35. The number of hydrogen-bond donors (Lipinski definition) is 1. The molecule has 0 spiro atoms. The van der Waals surface area contributed by atoms with E-state index in [0.717, 1.165) is 0 Å². The van der Waals surface area contributed by atoms with Crippen molar-refractivity contribution in [2.75, 3.05) is 13.2 Å². The number of carbonyl (C=O) groups is 2. The molecule has 0 aromatic carbocycles. The van der Waals surface area contributed by atoms with Crippen LogP contribution in [0.4, 0.5) is 4.79 Å². The number of hydroxylamine groups is 2. The molecule has 13 heteroatoms. The maximum absolute atomic E-state index is 12.3. The third-order valence-electron chi connectivity index (χ3n) is 3.69. The predicted molar refractivity (Wildman–Crippen MR) is 72.6 cm³/mol. The van der Waals surface area contributed by atoms with Crippen molar-refractivity contribution in [2.24, 2.45) is 0 Å². The molecule has 1 aromatic rings. The number of fused-ring (bicyclic) bond motifs is 2. The van der Waals surface area contributed by atoms with Crippen LogP contribution in [-0.2, 0) is 19.4 Å². The molecule has 1 N–H and O–H groups in total. The van der Waals surface area contributed by atoms with Gasteiger partial charge in [-0.3, -0.25) is 4.55 Å². The van der Waals surface area contributed by atoms with Crippen LogP contribution in [0.2, 0.25) is 0 Å². The molecule has 0 aliphatic carbocycles. The van der Waals surface area contributed by atoms with E-state index in [4.69, 9.17) is 13.8 Å². The molecule has 3 rings (SSSR count). The third kappa shape index (κ3) is 3.05.